The van der Waals surface area contributed by atoms with Crippen LogP contribution in [-0.2, 0) is 9.47 Å². The van der Waals surface area contributed by atoms with Gasteiger partial charge in [0.1, 0.15) is 6.10 Å². The van der Waals surface area contributed by atoms with Gasteiger partial charge in [0.05, 0.1) is 13.2 Å². The Morgan fingerprint density at radius 3 is 2.79 bits per heavy atom. The number of ether oxygens (including phenoxy) is 2. The molecule has 1 N–H and O–H groups in total. The summed E-state index contributed by atoms with van der Waals surface area (Å²) in [5.74, 6) is 0.996. The number of guanidine groups is 1. The number of rotatable bonds is 7. The maximum atomic E-state index is 6.09. The van der Waals surface area contributed by atoms with Crippen LogP contribution < -0.4 is 5.32 Å². The third kappa shape index (κ3) is 6.07. The molecule has 1 unspecified atom stereocenters. The molecule has 1 heterocycles. The van der Waals surface area contributed by atoms with E-state index in [2.05, 4.69) is 54.2 Å². The smallest absolute Gasteiger partial charge is 0.193 e. The molecule has 1 aliphatic carbocycles. The number of nitrogens with one attached hydrogen (secondary N) is 1. The summed E-state index contributed by atoms with van der Waals surface area (Å²) >= 11 is 0. The van der Waals surface area contributed by atoms with Crippen molar-refractivity contribution in [3.63, 3.8) is 0 Å². The molecule has 0 radical (unpaired) electrons. The van der Waals surface area contributed by atoms with Crippen molar-refractivity contribution < 1.29 is 9.47 Å². The van der Waals surface area contributed by atoms with Gasteiger partial charge in [0.2, 0.25) is 0 Å². The van der Waals surface area contributed by atoms with Gasteiger partial charge in [0.15, 0.2) is 5.96 Å². The van der Waals surface area contributed by atoms with Crippen LogP contribution in [0, 0.1) is 19.3 Å². The molecule has 6 heteroatoms. The first-order valence-corrected chi connectivity index (χ1v) is 10.3. The summed E-state index contributed by atoms with van der Waals surface area (Å²) in [4.78, 5) is 6.89. The van der Waals surface area contributed by atoms with E-state index in [4.69, 9.17) is 9.47 Å². The minimum absolute atomic E-state index is 0. The predicted octanol–water partition coefficient (Wildman–Crippen LogP) is 4.08. The molecule has 2 fully saturated rings. The molecule has 28 heavy (non-hydrogen) atoms. The van der Waals surface area contributed by atoms with E-state index in [1.807, 2.05) is 7.05 Å². The van der Waals surface area contributed by atoms with Gasteiger partial charge in [-0.2, -0.15) is 0 Å². The standard InChI is InChI=1S/C22H35N3O2.HI/c1-5-26-12-10-22(8-9-22)16-24-21(23-4)25-11-13-27-20(15-25)19-7-6-17(2)14-18(19)3;/h6-7,14,20H,5,8-13,15-16H2,1-4H3,(H,23,24);1H. The Labute approximate surface area is 187 Å². The molecule has 0 bridgehead atoms. The Balaban J connectivity index is 0.00000280. The molecule has 1 saturated heterocycles. The van der Waals surface area contributed by atoms with Gasteiger partial charge in [0, 0.05) is 33.4 Å². The molecular weight excluding hydrogens is 465 g/mol. The highest BCUT2D eigenvalue weighted by Crippen LogP contribution is 2.48. The van der Waals surface area contributed by atoms with Crippen LogP contribution in [0.4, 0.5) is 0 Å². The van der Waals surface area contributed by atoms with E-state index >= 15 is 0 Å². The predicted molar refractivity (Wildman–Crippen MR) is 126 cm³/mol. The van der Waals surface area contributed by atoms with Crippen LogP contribution in [0.3, 0.4) is 0 Å². The molecule has 2 aliphatic rings. The first-order valence-electron chi connectivity index (χ1n) is 10.3. The molecule has 1 aromatic carbocycles. The lowest BCUT2D eigenvalue weighted by atomic mass is 10.00. The van der Waals surface area contributed by atoms with Gasteiger partial charge < -0.3 is 19.7 Å². The maximum absolute atomic E-state index is 6.09. The fourth-order valence-electron chi connectivity index (χ4n) is 3.94. The van der Waals surface area contributed by atoms with E-state index in [9.17, 15) is 0 Å². The van der Waals surface area contributed by atoms with Crippen molar-refractivity contribution in [3.8, 4) is 0 Å². The summed E-state index contributed by atoms with van der Waals surface area (Å²) in [6, 6.07) is 6.62. The molecule has 5 nitrogen and oxygen atoms in total. The van der Waals surface area contributed by atoms with Crippen LogP contribution in [0.15, 0.2) is 23.2 Å². The summed E-state index contributed by atoms with van der Waals surface area (Å²) in [6.45, 7) is 11.5. The first kappa shape index (κ1) is 23.4. The fourth-order valence-corrected chi connectivity index (χ4v) is 3.94. The number of hydrogen-bond donors (Lipinski definition) is 1. The minimum atomic E-state index is 0. The second-order valence-corrected chi connectivity index (χ2v) is 8.01. The fraction of sp³-hybridized carbons (Fsp3) is 0.682. The minimum Gasteiger partial charge on any atom is -0.382 e. The van der Waals surface area contributed by atoms with Crippen LogP contribution in [0.1, 0.15) is 49.0 Å². The van der Waals surface area contributed by atoms with Crippen molar-refractivity contribution in [3.05, 3.63) is 34.9 Å². The van der Waals surface area contributed by atoms with Gasteiger partial charge in [-0.15, -0.1) is 24.0 Å². The molecule has 0 amide bonds. The molecular formula is C22H36IN3O2. The first-order chi connectivity index (χ1) is 13.1. The van der Waals surface area contributed by atoms with Crippen LogP contribution in [0.25, 0.3) is 0 Å². The molecule has 0 spiro atoms. The Hall–Kier alpha value is -0.860. The van der Waals surface area contributed by atoms with Crippen molar-refractivity contribution >= 4 is 29.9 Å². The van der Waals surface area contributed by atoms with Crippen molar-refractivity contribution in [2.24, 2.45) is 10.4 Å². The largest absolute Gasteiger partial charge is 0.382 e. The zero-order valence-electron chi connectivity index (χ0n) is 17.8. The van der Waals surface area contributed by atoms with Crippen molar-refractivity contribution in [2.45, 2.75) is 46.1 Å². The van der Waals surface area contributed by atoms with E-state index in [-0.39, 0.29) is 30.1 Å². The molecule has 1 saturated carbocycles. The molecule has 0 aromatic heterocycles. The van der Waals surface area contributed by atoms with E-state index < -0.39 is 0 Å². The van der Waals surface area contributed by atoms with Crippen molar-refractivity contribution in [2.75, 3.05) is 46.5 Å². The van der Waals surface area contributed by atoms with Gasteiger partial charge in [-0.05, 0) is 56.6 Å². The van der Waals surface area contributed by atoms with Gasteiger partial charge >= 0.3 is 0 Å². The lowest BCUT2D eigenvalue weighted by Gasteiger charge is -2.36. The summed E-state index contributed by atoms with van der Waals surface area (Å²) in [7, 11) is 1.88. The molecule has 1 atom stereocenters. The topological polar surface area (TPSA) is 46.1 Å². The number of aliphatic imine (C=N–C) groups is 1. The van der Waals surface area contributed by atoms with E-state index in [1.165, 1.54) is 29.5 Å². The molecule has 158 valence electrons. The van der Waals surface area contributed by atoms with Crippen molar-refractivity contribution in [1.82, 2.24) is 10.2 Å². The molecule has 3 rings (SSSR count). The second kappa shape index (κ2) is 10.8. The summed E-state index contributed by atoms with van der Waals surface area (Å²) < 4.78 is 11.6. The van der Waals surface area contributed by atoms with Gasteiger partial charge in [-0.25, -0.2) is 0 Å². The van der Waals surface area contributed by atoms with Gasteiger partial charge in [-0.3, -0.25) is 4.99 Å². The number of benzene rings is 1. The summed E-state index contributed by atoms with van der Waals surface area (Å²) in [5.41, 5.74) is 4.29. The number of hydrogen-bond acceptors (Lipinski definition) is 3. The number of halogens is 1. The highest BCUT2D eigenvalue weighted by atomic mass is 127. The third-order valence-electron chi connectivity index (χ3n) is 5.91. The number of morpholine rings is 1. The zero-order valence-corrected chi connectivity index (χ0v) is 20.1. The van der Waals surface area contributed by atoms with Gasteiger partial charge in [0.25, 0.3) is 0 Å². The monoisotopic (exact) mass is 501 g/mol. The Morgan fingerprint density at radius 2 is 2.14 bits per heavy atom. The molecule has 1 aromatic rings. The number of aryl methyl sites for hydroxylation is 2. The average Bonchev–Trinajstić information content (AvgIpc) is 3.43. The van der Waals surface area contributed by atoms with Crippen molar-refractivity contribution in [1.29, 1.82) is 0 Å². The summed E-state index contributed by atoms with van der Waals surface area (Å²) in [5, 5.41) is 3.63. The van der Waals surface area contributed by atoms with Crippen LogP contribution in [-0.4, -0.2) is 57.4 Å². The number of nitrogens with zero attached hydrogens (tertiary/aromatic N) is 2. The van der Waals surface area contributed by atoms with Crippen LogP contribution in [0.5, 0.6) is 0 Å². The lowest BCUT2D eigenvalue weighted by molar-refractivity contribution is -0.00841. The quantitative estimate of drug-likeness (QED) is 0.265. The third-order valence-corrected chi connectivity index (χ3v) is 5.91. The highest BCUT2D eigenvalue weighted by Gasteiger charge is 2.42. The highest BCUT2D eigenvalue weighted by molar-refractivity contribution is 14.0. The van der Waals surface area contributed by atoms with Crippen LogP contribution >= 0.6 is 24.0 Å². The summed E-state index contributed by atoms with van der Waals surface area (Å²) in [6.07, 6.45) is 3.82. The zero-order chi connectivity index (χ0) is 19.3. The Kier molecular flexibility index (Phi) is 9.02. The normalized spacial score (nSPS) is 21.2. The maximum Gasteiger partial charge on any atom is 0.193 e. The SMILES string of the molecule is CCOCCC1(CNC(=NC)N2CCOC(c3ccc(C)cc3C)C2)CC1.I. The lowest BCUT2D eigenvalue weighted by Crippen LogP contribution is -2.49. The second-order valence-electron chi connectivity index (χ2n) is 8.01. The average molecular weight is 501 g/mol. The van der Waals surface area contributed by atoms with E-state index in [1.54, 1.807) is 0 Å². The Morgan fingerprint density at radius 1 is 1.36 bits per heavy atom. The van der Waals surface area contributed by atoms with E-state index in [0.29, 0.717) is 5.41 Å². The van der Waals surface area contributed by atoms with Crippen LogP contribution in [0.2, 0.25) is 0 Å². The van der Waals surface area contributed by atoms with E-state index in [0.717, 1.165) is 51.8 Å². The van der Waals surface area contributed by atoms with Gasteiger partial charge in [-0.1, -0.05) is 23.8 Å². The molecule has 1 aliphatic heterocycles. The Bertz CT molecular complexity index is 661.